The van der Waals surface area contributed by atoms with Crippen molar-refractivity contribution in [1.82, 2.24) is 10.2 Å². The predicted octanol–water partition coefficient (Wildman–Crippen LogP) is 4.24. The van der Waals surface area contributed by atoms with Crippen LogP contribution in [0.5, 0.6) is 17.2 Å². The van der Waals surface area contributed by atoms with Gasteiger partial charge in [-0.1, -0.05) is 36.5 Å². The summed E-state index contributed by atoms with van der Waals surface area (Å²) in [6.45, 7) is 2.28. The first kappa shape index (κ1) is 22.8. The first-order valence-electron chi connectivity index (χ1n) is 9.75. The van der Waals surface area contributed by atoms with E-state index < -0.39 is 5.91 Å². The molecule has 1 heterocycles. The number of nitrogens with zero attached hydrogens (tertiary/aromatic N) is 3. The molecular formula is C23H22N4O4S. The van der Waals surface area contributed by atoms with E-state index in [1.54, 1.807) is 25.3 Å². The van der Waals surface area contributed by atoms with Crippen LogP contribution in [0.2, 0.25) is 0 Å². The van der Waals surface area contributed by atoms with Gasteiger partial charge < -0.3 is 14.2 Å². The summed E-state index contributed by atoms with van der Waals surface area (Å²) in [4.78, 5) is 12.4. The van der Waals surface area contributed by atoms with Crippen LogP contribution in [0.25, 0.3) is 6.08 Å². The number of aryl methyl sites for hydroxylation is 1. The van der Waals surface area contributed by atoms with E-state index in [0.717, 1.165) is 22.7 Å². The van der Waals surface area contributed by atoms with E-state index in [1.165, 1.54) is 24.5 Å². The molecule has 0 fully saturated rings. The van der Waals surface area contributed by atoms with E-state index in [1.807, 2.05) is 37.3 Å². The van der Waals surface area contributed by atoms with E-state index in [-0.39, 0.29) is 5.57 Å². The Bertz CT molecular complexity index is 1170. The van der Waals surface area contributed by atoms with Gasteiger partial charge >= 0.3 is 0 Å². The lowest BCUT2D eigenvalue weighted by molar-refractivity contribution is -0.112. The number of aromatic nitrogens is 2. The first-order chi connectivity index (χ1) is 15.6. The predicted molar refractivity (Wildman–Crippen MR) is 122 cm³/mol. The number of anilines is 1. The van der Waals surface area contributed by atoms with Gasteiger partial charge in [-0.15, -0.1) is 10.2 Å². The minimum absolute atomic E-state index is 0.0645. The van der Waals surface area contributed by atoms with Crippen molar-refractivity contribution in [2.75, 3.05) is 19.5 Å². The van der Waals surface area contributed by atoms with E-state index in [9.17, 15) is 10.1 Å². The van der Waals surface area contributed by atoms with Gasteiger partial charge in [0.05, 0.1) is 14.2 Å². The summed E-state index contributed by atoms with van der Waals surface area (Å²) in [6, 6.07) is 14.7. The number of benzene rings is 2. The van der Waals surface area contributed by atoms with Crippen molar-refractivity contribution in [3.8, 4) is 23.3 Å². The van der Waals surface area contributed by atoms with Gasteiger partial charge in [0.2, 0.25) is 5.13 Å². The second kappa shape index (κ2) is 10.9. The van der Waals surface area contributed by atoms with Crippen LogP contribution in [0.15, 0.2) is 48.0 Å². The molecule has 32 heavy (non-hydrogen) atoms. The van der Waals surface area contributed by atoms with Gasteiger partial charge in [-0.2, -0.15) is 5.26 Å². The van der Waals surface area contributed by atoms with Crippen molar-refractivity contribution in [3.63, 3.8) is 0 Å². The first-order valence-corrected chi connectivity index (χ1v) is 10.6. The molecule has 0 saturated heterocycles. The summed E-state index contributed by atoms with van der Waals surface area (Å²) >= 11 is 1.27. The molecule has 0 saturated carbocycles. The smallest absolute Gasteiger partial charge is 0.268 e. The third-order valence-electron chi connectivity index (χ3n) is 4.38. The maximum Gasteiger partial charge on any atom is 0.268 e. The summed E-state index contributed by atoms with van der Waals surface area (Å²) < 4.78 is 16.5. The molecule has 0 aliphatic carbocycles. The number of carbonyl (C=O) groups is 1. The van der Waals surface area contributed by atoms with Crippen LogP contribution in [0.3, 0.4) is 0 Å². The summed E-state index contributed by atoms with van der Waals surface area (Å²) in [5, 5.41) is 21.1. The van der Waals surface area contributed by atoms with Crippen LogP contribution in [-0.4, -0.2) is 30.3 Å². The zero-order valence-electron chi connectivity index (χ0n) is 17.9. The molecule has 8 nitrogen and oxygen atoms in total. The average molecular weight is 451 g/mol. The van der Waals surface area contributed by atoms with Gasteiger partial charge in [0.25, 0.3) is 5.91 Å². The molecule has 0 aliphatic heterocycles. The SMILES string of the molecule is CCc1nnc(NC(=O)/C(C#N)=C/c2ccc(OCc3cccc(OC)c3)c(OC)c2)s1. The van der Waals surface area contributed by atoms with Crippen molar-refractivity contribution < 1.29 is 19.0 Å². The number of amides is 1. The van der Waals surface area contributed by atoms with Crippen LogP contribution in [0, 0.1) is 11.3 Å². The highest BCUT2D eigenvalue weighted by Crippen LogP contribution is 2.30. The van der Waals surface area contributed by atoms with Gasteiger partial charge in [0.15, 0.2) is 11.5 Å². The van der Waals surface area contributed by atoms with Crippen molar-refractivity contribution in [2.45, 2.75) is 20.0 Å². The third kappa shape index (κ3) is 5.83. The Morgan fingerprint density at radius 2 is 2.00 bits per heavy atom. The van der Waals surface area contributed by atoms with E-state index in [0.29, 0.717) is 28.8 Å². The molecule has 0 bridgehead atoms. The molecule has 164 valence electrons. The molecule has 3 aromatic rings. The monoisotopic (exact) mass is 450 g/mol. The van der Waals surface area contributed by atoms with Gasteiger partial charge in [-0.05, 0) is 47.9 Å². The molecule has 2 aromatic carbocycles. The van der Waals surface area contributed by atoms with Crippen molar-refractivity contribution >= 4 is 28.5 Å². The Morgan fingerprint density at radius 3 is 2.69 bits per heavy atom. The van der Waals surface area contributed by atoms with Gasteiger partial charge in [0, 0.05) is 0 Å². The van der Waals surface area contributed by atoms with E-state index >= 15 is 0 Å². The fraction of sp³-hybridized carbons (Fsp3) is 0.217. The van der Waals surface area contributed by atoms with Crippen LogP contribution >= 0.6 is 11.3 Å². The topological polar surface area (TPSA) is 106 Å². The Balaban J connectivity index is 1.73. The van der Waals surface area contributed by atoms with Crippen molar-refractivity contribution in [2.24, 2.45) is 0 Å². The van der Waals surface area contributed by atoms with Crippen molar-refractivity contribution in [1.29, 1.82) is 5.26 Å². The number of nitriles is 1. The molecule has 1 aromatic heterocycles. The highest BCUT2D eigenvalue weighted by atomic mass is 32.1. The number of methoxy groups -OCH3 is 2. The van der Waals surface area contributed by atoms with Crippen molar-refractivity contribution in [3.05, 3.63) is 64.2 Å². The zero-order chi connectivity index (χ0) is 22.9. The van der Waals surface area contributed by atoms with Gasteiger partial charge in [-0.25, -0.2) is 0 Å². The number of nitrogens with one attached hydrogen (secondary N) is 1. The highest BCUT2D eigenvalue weighted by Gasteiger charge is 2.13. The Labute approximate surface area is 190 Å². The van der Waals surface area contributed by atoms with Gasteiger partial charge in [0.1, 0.15) is 29.0 Å². The summed E-state index contributed by atoms with van der Waals surface area (Å²) in [7, 11) is 3.14. The quantitative estimate of drug-likeness (QED) is 0.384. The minimum atomic E-state index is -0.552. The fourth-order valence-corrected chi connectivity index (χ4v) is 3.42. The number of hydrogen-bond donors (Lipinski definition) is 1. The second-order valence-electron chi connectivity index (χ2n) is 6.53. The second-order valence-corrected chi connectivity index (χ2v) is 7.59. The Kier molecular flexibility index (Phi) is 7.78. The zero-order valence-corrected chi connectivity index (χ0v) is 18.7. The number of ether oxygens (including phenoxy) is 3. The average Bonchev–Trinajstić information content (AvgIpc) is 3.28. The number of hydrogen-bond acceptors (Lipinski definition) is 8. The highest BCUT2D eigenvalue weighted by molar-refractivity contribution is 7.15. The molecule has 3 rings (SSSR count). The molecule has 0 radical (unpaired) electrons. The fourth-order valence-electron chi connectivity index (χ4n) is 2.74. The number of rotatable bonds is 9. The maximum atomic E-state index is 12.4. The van der Waals surface area contributed by atoms with Gasteiger partial charge in [-0.3, -0.25) is 10.1 Å². The summed E-state index contributed by atoms with van der Waals surface area (Å²) in [5.74, 6) is 1.22. The van der Waals surface area contributed by atoms with E-state index in [2.05, 4.69) is 15.5 Å². The lowest BCUT2D eigenvalue weighted by Crippen LogP contribution is -2.13. The third-order valence-corrected chi connectivity index (χ3v) is 5.37. The van der Waals surface area contributed by atoms with Crippen LogP contribution in [0.4, 0.5) is 5.13 Å². The standard InChI is InChI=1S/C23H22N4O4S/c1-4-21-26-27-23(32-21)25-22(28)17(13-24)10-15-8-9-19(20(12-15)30-3)31-14-16-6-5-7-18(11-16)29-2/h5-12H,4,14H2,1-3H3,(H,25,27,28)/b17-10+. The summed E-state index contributed by atoms with van der Waals surface area (Å²) in [5.41, 5.74) is 1.50. The van der Waals surface area contributed by atoms with E-state index in [4.69, 9.17) is 14.2 Å². The minimum Gasteiger partial charge on any atom is -0.497 e. The summed E-state index contributed by atoms with van der Waals surface area (Å²) in [6.07, 6.45) is 2.20. The normalized spacial score (nSPS) is 10.9. The molecule has 1 N–H and O–H groups in total. The lowest BCUT2D eigenvalue weighted by atomic mass is 10.1. The number of carbonyl (C=O) groups excluding carboxylic acids is 1. The molecule has 0 atom stereocenters. The molecule has 1 amide bonds. The maximum absolute atomic E-state index is 12.4. The molecule has 0 spiro atoms. The van der Waals surface area contributed by atoms with Crippen LogP contribution < -0.4 is 19.5 Å². The Hall–Kier alpha value is -3.90. The largest absolute Gasteiger partial charge is 0.497 e. The molecular weight excluding hydrogens is 428 g/mol. The van der Waals surface area contributed by atoms with Crippen LogP contribution in [-0.2, 0) is 17.8 Å². The lowest BCUT2D eigenvalue weighted by Gasteiger charge is -2.12. The Morgan fingerprint density at radius 1 is 1.16 bits per heavy atom. The molecule has 0 aliphatic rings. The molecule has 9 heteroatoms. The molecule has 0 unspecified atom stereocenters. The van der Waals surface area contributed by atoms with Crippen LogP contribution in [0.1, 0.15) is 23.1 Å².